The number of carbonyl (C=O) groups is 1. The molecule has 1 N–H and O–H groups in total. The highest BCUT2D eigenvalue weighted by Gasteiger charge is 2.41. The molecule has 130 valence electrons. The van der Waals surface area contributed by atoms with Gasteiger partial charge in [0.25, 0.3) is 0 Å². The van der Waals surface area contributed by atoms with Crippen molar-refractivity contribution >= 4 is 17.1 Å². The van der Waals surface area contributed by atoms with Gasteiger partial charge in [-0.25, -0.2) is 9.97 Å². The molecule has 0 saturated carbocycles. The van der Waals surface area contributed by atoms with Crippen molar-refractivity contribution in [2.24, 2.45) is 11.8 Å². The van der Waals surface area contributed by atoms with Gasteiger partial charge in [0.2, 0.25) is 0 Å². The summed E-state index contributed by atoms with van der Waals surface area (Å²) in [5, 5.41) is 8.22. The molecule has 1 saturated heterocycles. The Morgan fingerprint density at radius 2 is 2.08 bits per heavy atom. The summed E-state index contributed by atoms with van der Waals surface area (Å²) in [7, 11) is 0. The van der Waals surface area contributed by atoms with E-state index in [1.54, 1.807) is 17.2 Å². The first-order valence-corrected chi connectivity index (χ1v) is 8.19. The van der Waals surface area contributed by atoms with Gasteiger partial charge in [-0.1, -0.05) is 13.8 Å². The number of hydrogen-bond acceptors (Lipinski definition) is 6. The number of rotatable bonds is 4. The van der Waals surface area contributed by atoms with Crippen LogP contribution in [0.2, 0.25) is 0 Å². The molecule has 2 aromatic heterocycles. The zero-order valence-electron chi connectivity index (χ0n) is 14.4. The molecule has 24 heavy (non-hydrogen) atoms. The number of imidazole rings is 1. The molecular weight excluding hydrogens is 310 g/mol. The minimum absolute atomic E-state index is 0.161. The SMILES string of the molecule is CCn1cnc2c(ncn2[C@@H]2O[C@H](COC(C)=O)[C@@H](C)[C@H]2C)c1=N. The molecule has 0 aromatic carbocycles. The number of nitrogens with zero attached hydrogens (tertiary/aromatic N) is 4. The maximum absolute atomic E-state index is 11.0. The van der Waals surface area contributed by atoms with Crippen molar-refractivity contribution in [2.75, 3.05) is 6.61 Å². The van der Waals surface area contributed by atoms with E-state index in [4.69, 9.17) is 14.9 Å². The van der Waals surface area contributed by atoms with Gasteiger partial charge in [0.15, 0.2) is 11.1 Å². The van der Waals surface area contributed by atoms with E-state index in [0.29, 0.717) is 23.2 Å². The average molecular weight is 333 g/mol. The van der Waals surface area contributed by atoms with Gasteiger partial charge in [0, 0.05) is 19.4 Å². The second-order valence-electron chi connectivity index (χ2n) is 6.29. The third kappa shape index (κ3) is 2.71. The number of aryl methyl sites for hydroxylation is 1. The lowest BCUT2D eigenvalue weighted by Crippen LogP contribution is -2.23. The van der Waals surface area contributed by atoms with Crippen LogP contribution in [0.1, 0.15) is 33.9 Å². The van der Waals surface area contributed by atoms with Crippen LogP contribution in [0, 0.1) is 17.2 Å². The van der Waals surface area contributed by atoms with Crippen LogP contribution in [0.25, 0.3) is 11.2 Å². The summed E-state index contributed by atoms with van der Waals surface area (Å²) >= 11 is 0. The molecule has 3 heterocycles. The van der Waals surface area contributed by atoms with E-state index in [9.17, 15) is 4.79 Å². The van der Waals surface area contributed by atoms with E-state index in [-0.39, 0.29) is 36.7 Å². The first-order valence-electron chi connectivity index (χ1n) is 8.19. The molecule has 0 spiro atoms. The summed E-state index contributed by atoms with van der Waals surface area (Å²) in [6, 6.07) is 0. The zero-order valence-corrected chi connectivity index (χ0v) is 14.4. The fourth-order valence-corrected chi connectivity index (χ4v) is 3.13. The van der Waals surface area contributed by atoms with Crippen molar-refractivity contribution < 1.29 is 14.3 Å². The summed E-state index contributed by atoms with van der Waals surface area (Å²) in [6.07, 6.45) is 2.93. The molecule has 0 unspecified atom stereocenters. The fraction of sp³-hybridized carbons (Fsp3) is 0.625. The summed E-state index contributed by atoms with van der Waals surface area (Å²) < 4.78 is 14.9. The van der Waals surface area contributed by atoms with E-state index in [1.165, 1.54) is 6.92 Å². The molecule has 0 radical (unpaired) electrons. The maximum Gasteiger partial charge on any atom is 0.302 e. The minimum Gasteiger partial charge on any atom is -0.463 e. The van der Waals surface area contributed by atoms with Gasteiger partial charge in [0.05, 0.1) is 18.8 Å². The van der Waals surface area contributed by atoms with E-state index < -0.39 is 0 Å². The number of nitrogens with one attached hydrogen (secondary N) is 1. The highest BCUT2D eigenvalue weighted by molar-refractivity contribution is 5.68. The normalized spacial score (nSPS) is 26.8. The molecule has 8 heteroatoms. The highest BCUT2D eigenvalue weighted by atomic mass is 16.6. The van der Waals surface area contributed by atoms with Crippen LogP contribution >= 0.6 is 0 Å². The molecule has 1 aliphatic heterocycles. The third-order valence-electron chi connectivity index (χ3n) is 4.84. The Balaban J connectivity index is 1.92. The monoisotopic (exact) mass is 333 g/mol. The van der Waals surface area contributed by atoms with Gasteiger partial charge in [-0.2, -0.15) is 0 Å². The van der Waals surface area contributed by atoms with Gasteiger partial charge in [-0.15, -0.1) is 0 Å². The lowest BCUT2D eigenvalue weighted by atomic mass is 9.93. The van der Waals surface area contributed by atoms with Gasteiger partial charge in [-0.05, 0) is 12.8 Å². The van der Waals surface area contributed by atoms with E-state index in [2.05, 4.69) is 23.8 Å². The molecule has 2 aromatic rings. The zero-order chi connectivity index (χ0) is 17.4. The highest BCUT2D eigenvalue weighted by Crippen LogP contribution is 2.39. The van der Waals surface area contributed by atoms with Crippen LogP contribution in [-0.4, -0.2) is 37.8 Å². The Morgan fingerprint density at radius 3 is 2.75 bits per heavy atom. The number of aromatic nitrogens is 4. The molecule has 0 aliphatic carbocycles. The lowest BCUT2D eigenvalue weighted by Gasteiger charge is -2.18. The van der Waals surface area contributed by atoms with Gasteiger partial charge in [-0.3, -0.25) is 14.8 Å². The molecule has 4 atom stereocenters. The Bertz CT molecular complexity index is 812. The molecule has 1 fully saturated rings. The number of hydrogen-bond donors (Lipinski definition) is 1. The van der Waals surface area contributed by atoms with Crippen LogP contribution in [-0.2, 0) is 20.8 Å². The number of fused-ring (bicyclic) bond motifs is 1. The smallest absolute Gasteiger partial charge is 0.302 e. The topological polar surface area (TPSA) is 95.0 Å². The first kappa shape index (κ1) is 16.6. The van der Waals surface area contributed by atoms with Crippen molar-refractivity contribution in [1.29, 1.82) is 5.41 Å². The standard InChI is InChI=1S/C16H23N5O3/c1-5-20-7-19-15-13(14(20)17)18-8-21(15)16-10(3)9(2)12(24-16)6-23-11(4)22/h7-10,12,16-17H,5-6H2,1-4H3/t9-,10+,12+,16+/m0/s1. The van der Waals surface area contributed by atoms with Crippen LogP contribution in [0.3, 0.4) is 0 Å². The molecule has 1 aliphatic rings. The maximum atomic E-state index is 11.0. The van der Waals surface area contributed by atoms with Crippen LogP contribution < -0.4 is 5.49 Å². The molecular formula is C16H23N5O3. The van der Waals surface area contributed by atoms with Crippen molar-refractivity contribution in [1.82, 2.24) is 19.1 Å². The predicted octanol–water partition coefficient (Wildman–Crippen LogP) is 1.46. The molecule has 3 rings (SSSR count). The van der Waals surface area contributed by atoms with Crippen molar-refractivity contribution in [3.63, 3.8) is 0 Å². The quantitative estimate of drug-likeness (QED) is 0.855. The van der Waals surface area contributed by atoms with Gasteiger partial charge >= 0.3 is 5.97 Å². The number of carbonyl (C=O) groups excluding carboxylic acids is 1. The van der Waals surface area contributed by atoms with Crippen molar-refractivity contribution in [3.8, 4) is 0 Å². The van der Waals surface area contributed by atoms with Gasteiger partial charge in [0.1, 0.15) is 18.4 Å². The number of esters is 1. The fourth-order valence-electron chi connectivity index (χ4n) is 3.13. The average Bonchev–Trinajstić information content (AvgIpc) is 3.09. The second-order valence-corrected chi connectivity index (χ2v) is 6.29. The Morgan fingerprint density at radius 1 is 1.33 bits per heavy atom. The number of ether oxygens (including phenoxy) is 2. The Hall–Kier alpha value is -2.22. The summed E-state index contributed by atoms with van der Waals surface area (Å²) in [4.78, 5) is 19.9. The van der Waals surface area contributed by atoms with Gasteiger partial charge < -0.3 is 14.0 Å². The summed E-state index contributed by atoms with van der Waals surface area (Å²) in [6.45, 7) is 8.47. The van der Waals surface area contributed by atoms with E-state index >= 15 is 0 Å². The van der Waals surface area contributed by atoms with E-state index in [0.717, 1.165) is 0 Å². The van der Waals surface area contributed by atoms with Crippen LogP contribution in [0.15, 0.2) is 12.7 Å². The third-order valence-corrected chi connectivity index (χ3v) is 4.84. The van der Waals surface area contributed by atoms with E-state index in [1.807, 2.05) is 11.5 Å². The van der Waals surface area contributed by atoms with Crippen LogP contribution in [0.4, 0.5) is 0 Å². The largest absolute Gasteiger partial charge is 0.463 e. The lowest BCUT2D eigenvalue weighted by molar-refractivity contribution is -0.146. The van der Waals surface area contributed by atoms with Crippen molar-refractivity contribution in [3.05, 3.63) is 18.1 Å². The summed E-state index contributed by atoms with van der Waals surface area (Å²) in [5.74, 6) is 0.128. The molecule has 8 nitrogen and oxygen atoms in total. The molecule has 0 bridgehead atoms. The van der Waals surface area contributed by atoms with Crippen LogP contribution in [0.5, 0.6) is 0 Å². The Labute approximate surface area is 139 Å². The summed E-state index contributed by atoms with van der Waals surface area (Å²) in [5.41, 5.74) is 1.55. The first-order chi connectivity index (χ1) is 11.4. The Kier molecular flexibility index (Phi) is 4.40. The van der Waals surface area contributed by atoms with Crippen molar-refractivity contribution in [2.45, 2.75) is 46.6 Å². The second kappa shape index (κ2) is 6.35. The minimum atomic E-state index is -0.306. The molecule has 0 amide bonds. The predicted molar refractivity (Wildman–Crippen MR) is 85.9 cm³/mol.